The van der Waals surface area contributed by atoms with Crippen LogP contribution in [0.3, 0.4) is 0 Å². The van der Waals surface area contributed by atoms with E-state index in [1.54, 1.807) is 11.8 Å². The molecule has 0 radical (unpaired) electrons. The molecule has 1 aliphatic heterocycles. The van der Waals surface area contributed by atoms with Gasteiger partial charge in [0.05, 0.1) is 24.3 Å². The van der Waals surface area contributed by atoms with Gasteiger partial charge in [-0.05, 0) is 11.6 Å². The van der Waals surface area contributed by atoms with Crippen molar-refractivity contribution in [2.24, 2.45) is 0 Å². The number of alkyl halides is 2. The Bertz CT molecular complexity index is 847. The second-order valence-electron chi connectivity index (χ2n) is 5.84. The number of halogens is 4. The van der Waals surface area contributed by atoms with Crippen molar-refractivity contribution in [3.8, 4) is 0 Å². The molecule has 138 valence electrons. The van der Waals surface area contributed by atoms with Crippen LogP contribution in [0.4, 0.5) is 19.0 Å². The summed E-state index contributed by atoms with van der Waals surface area (Å²) in [6.07, 6.45) is -2.52. The van der Waals surface area contributed by atoms with Crippen molar-refractivity contribution < 1.29 is 18.0 Å². The van der Waals surface area contributed by atoms with E-state index in [4.69, 9.17) is 11.6 Å². The lowest BCUT2D eigenvalue weighted by atomic mass is 10.1. The van der Waals surface area contributed by atoms with Gasteiger partial charge in [0.2, 0.25) is 11.2 Å². The predicted octanol–water partition coefficient (Wildman–Crippen LogP) is 4.07. The minimum Gasteiger partial charge on any atom is -0.365 e. The summed E-state index contributed by atoms with van der Waals surface area (Å²) in [7, 11) is 0. The maximum atomic E-state index is 14.2. The quantitative estimate of drug-likeness (QED) is 0.789. The van der Waals surface area contributed by atoms with Gasteiger partial charge in [-0.1, -0.05) is 25.1 Å². The summed E-state index contributed by atoms with van der Waals surface area (Å²) < 4.78 is 39.8. The van der Waals surface area contributed by atoms with E-state index in [0.717, 1.165) is 6.07 Å². The first kappa shape index (κ1) is 18.4. The van der Waals surface area contributed by atoms with Gasteiger partial charge in [-0.2, -0.15) is 0 Å². The topological polar surface area (TPSA) is 58.1 Å². The highest BCUT2D eigenvalue weighted by atomic mass is 35.5. The summed E-state index contributed by atoms with van der Waals surface area (Å²) in [5.74, 6) is -0.608. The van der Waals surface area contributed by atoms with Gasteiger partial charge in [0.1, 0.15) is 11.6 Å². The molecule has 0 spiro atoms. The number of hydrogen-bond acceptors (Lipinski definition) is 4. The lowest BCUT2D eigenvalue weighted by Crippen LogP contribution is -2.24. The Balaban J connectivity index is 1.83. The first-order chi connectivity index (χ1) is 12.4. The maximum absolute atomic E-state index is 14.2. The minimum absolute atomic E-state index is 0.00106. The van der Waals surface area contributed by atoms with E-state index < -0.39 is 17.8 Å². The molecule has 0 unspecified atom stereocenters. The number of fused-ring (bicyclic) bond motifs is 1. The number of anilines is 1. The van der Waals surface area contributed by atoms with Gasteiger partial charge < -0.3 is 10.2 Å². The Morgan fingerprint density at radius 2 is 2.12 bits per heavy atom. The molecule has 2 aromatic rings. The fourth-order valence-corrected chi connectivity index (χ4v) is 3.04. The summed E-state index contributed by atoms with van der Waals surface area (Å²) in [4.78, 5) is 21.8. The molecule has 1 amide bonds. The average molecular weight is 385 g/mol. The highest BCUT2D eigenvalue weighted by molar-refractivity contribution is 6.28. The van der Waals surface area contributed by atoms with Gasteiger partial charge in [0, 0.05) is 24.1 Å². The van der Waals surface area contributed by atoms with Crippen molar-refractivity contribution in [1.29, 1.82) is 0 Å². The molecular formula is C17H16ClF3N4O. The third-order valence-electron chi connectivity index (χ3n) is 4.20. The van der Waals surface area contributed by atoms with E-state index in [2.05, 4.69) is 15.3 Å². The molecule has 0 bridgehead atoms. The normalized spacial score (nSPS) is 13.2. The number of carbonyl (C=O) groups is 1. The summed E-state index contributed by atoms with van der Waals surface area (Å²) in [5.41, 5.74) is 0.762. The highest BCUT2D eigenvalue weighted by Crippen LogP contribution is 2.29. The van der Waals surface area contributed by atoms with Crippen LogP contribution in [-0.4, -0.2) is 20.8 Å². The Kier molecular flexibility index (Phi) is 5.31. The fraction of sp³-hybridized carbons (Fsp3) is 0.353. The maximum Gasteiger partial charge on any atom is 0.266 e. The standard InChI is InChI=1S/C17H16ClF3N4O/c1-2-13(26)25-7-11-12(8-25)23-17(18)24-16(11)22-6-9-4-3-5-10(14(9)19)15(20)21/h3-5,15H,2,6-8H2,1H3,(H,22,23,24). The van der Waals surface area contributed by atoms with Gasteiger partial charge in [-0.15, -0.1) is 0 Å². The predicted molar refractivity (Wildman–Crippen MR) is 90.3 cm³/mol. The first-order valence-corrected chi connectivity index (χ1v) is 8.40. The van der Waals surface area contributed by atoms with Crippen LogP contribution in [0.1, 0.15) is 42.2 Å². The van der Waals surface area contributed by atoms with Crippen LogP contribution in [-0.2, 0) is 24.4 Å². The molecule has 5 nitrogen and oxygen atoms in total. The molecule has 0 saturated carbocycles. The molecule has 26 heavy (non-hydrogen) atoms. The van der Waals surface area contributed by atoms with Crippen LogP contribution in [0.5, 0.6) is 0 Å². The zero-order chi connectivity index (χ0) is 18.8. The van der Waals surface area contributed by atoms with Crippen molar-refractivity contribution in [1.82, 2.24) is 14.9 Å². The zero-order valence-corrected chi connectivity index (χ0v) is 14.7. The third kappa shape index (κ3) is 3.60. The van der Waals surface area contributed by atoms with Crippen molar-refractivity contribution in [2.45, 2.75) is 39.4 Å². The van der Waals surface area contributed by atoms with Crippen molar-refractivity contribution in [3.63, 3.8) is 0 Å². The lowest BCUT2D eigenvalue weighted by Gasteiger charge is -2.14. The number of nitrogens with zero attached hydrogens (tertiary/aromatic N) is 3. The van der Waals surface area contributed by atoms with E-state index in [1.807, 2.05) is 0 Å². The van der Waals surface area contributed by atoms with Crippen molar-refractivity contribution in [2.75, 3.05) is 5.32 Å². The van der Waals surface area contributed by atoms with E-state index >= 15 is 0 Å². The molecule has 1 aliphatic rings. The molecule has 0 aliphatic carbocycles. The number of hydrogen-bond donors (Lipinski definition) is 1. The summed E-state index contributed by atoms with van der Waals surface area (Å²) >= 11 is 5.93. The largest absolute Gasteiger partial charge is 0.365 e. The summed E-state index contributed by atoms with van der Waals surface area (Å²) in [5, 5.41) is 2.93. The van der Waals surface area contributed by atoms with Gasteiger partial charge >= 0.3 is 0 Å². The third-order valence-corrected chi connectivity index (χ3v) is 4.37. The molecular weight excluding hydrogens is 369 g/mol. The van der Waals surface area contributed by atoms with Crippen molar-refractivity contribution in [3.05, 3.63) is 51.7 Å². The summed E-state index contributed by atoms with van der Waals surface area (Å²) in [6, 6.07) is 3.85. The zero-order valence-electron chi connectivity index (χ0n) is 13.9. The molecule has 1 aromatic carbocycles. The Morgan fingerprint density at radius 1 is 1.35 bits per heavy atom. The monoisotopic (exact) mass is 384 g/mol. The van der Waals surface area contributed by atoms with Crippen LogP contribution >= 0.6 is 11.6 Å². The molecule has 9 heteroatoms. The SMILES string of the molecule is CCC(=O)N1Cc2nc(Cl)nc(NCc3cccc(C(F)F)c3F)c2C1. The van der Waals surface area contributed by atoms with Crippen LogP contribution in [0.25, 0.3) is 0 Å². The summed E-state index contributed by atoms with van der Waals surface area (Å²) in [6.45, 7) is 2.37. The minimum atomic E-state index is -2.89. The number of rotatable bonds is 5. The molecule has 1 aromatic heterocycles. The number of amides is 1. The average Bonchev–Trinajstić information content (AvgIpc) is 3.03. The molecule has 0 atom stereocenters. The Morgan fingerprint density at radius 3 is 2.81 bits per heavy atom. The van der Waals surface area contributed by atoms with Crippen molar-refractivity contribution >= 4 is 23.3 Å². The Labute approximate surface area is 153 Å². The number of aromatic nitrogens is 2. The number of carbonyl (C=O) groups excluding carboxylic acids is 1. The molecule has 2 heterocycles. The van der Waals surface area contributed by atoms with Crippen LogP contribution in [0, 0.1) is 5.82 Å². The molecule has 3 rings (SSSR count). The molecule has 0 fully saturated rings. The molecule has 1 N–H and O–H groups in total. The first-order valence-electron chi connectivity index (χ1n) is 8.03. The Hall–Kier alpha value is -2.35. The van der Waals surface area contributed by atoms with E-state index in [1.165, 1.54) is 12.1 Å². The number of nitrogens with one attached hydrogen (secondary N) is 1. The second-order valence-corrected chi connectivity index (χ2v) is 6.18. The highest BCUT2D eigenvalue weighted by Gasteiger charge is 2.27. The van der Waals surface area contributed by atoms with Gasteiger partial charge in [0.15, 0.2) is 0 Å². The van der Waals surface area contributed by atoms with Crippen LogP contribution in [0.2, 0.25) is 5.28 Å². The van der Waals surface area contributed by atoms with E-state index in [0.29, 0.717) is 36.6 Å². The van der Waals surface area contributed by atoms with Gasteiger partial charge in [-0.3, -0.25) is 4.79 Å². The van der Waals surface area contributed by atoms with E-state index in [9.17, 15) is 18.0 Å². The van der Waals surface area contributed by atoms with Crippen LogP contribution in [0.15, 0.2) is 18.2 Å². The van der Waals surface area contributed by atoms with E-state index in [-0.39, 0.29) is 23.3 Å². The van der Waals surface area contributed by atoms with Gasteiger partial charge in [0.25, 0.3) is 6.43 Å². The molecule has 0 saturated heterocycles. The second kappa shape index (κ2) is 7.49. The number of benzene rings is 1. The lowest BCUT2D eigenvalue weighted by molar-refractivity contribution is -0.131. The smallest absolute Gasteiger partial charge is 0.266 e. The fourth-order valence-electron chi connectivity index (χ4n) is 2.85. The van der Waals surface area contributed by atoms with Gasteiger partial charge in [-0.25, -0.2) is 23.1 Å². The van der Waals surface area contributed by atoms with Crippen LogP contribution < -0.4 is 5.32 Å².